The van der Waals surface area contributed by atoms with Gasteiger partial charge in [0.15, 0.2) is 0 Å². The molecule has 0 aromatic heterocycles. The summed E-state index contributed by atoms with van der Waals surface area (Å²) < 4.78 is 0. The van der Waals surface area contributed by atoms with Crippen molar-refractivity contribution in [3.05, 3.63) is 28.3 Å². The summed E-state index contributed by atoms with van der Waals surface area (Å²) in [6.45, 7) is 5.82. The van der Waals surface area contributed by atoms with Crippen molar-refractivity contribution in [1.29, 1.82) is 5.26 Å². The summed E-state index contributed by atoms with van der Waals surface area (Å²) in [6, 6.07) is 4.35. The van der Waals surface area contributed by atoms with Crippen molar-refractivity contribution >= 4 is 0 Å². The van der Waals surface area contributed by atoms with Crippen LogP contribution in [0, 0.1) is 32.1 Å². The van der Waals surface area contributed by atoms with Gasteiger partial charge in [-0.2, -0.15) is 5.26 Å². The summed E-state index contributed by atoms with van der Waals surface area (Å²) in [6.07, 6.45) is 1.85. The average Bonchev–Trinajstić information content (AvgIpc) is 2.96. The number of aromatic hydroxyl groups is 1. The maximum atomic E-state index is 9.89. The Morgan fingerprint density at radius 3 is 2.33 bits per heavy atom. The largest absolute Gasteiger partial charge is 0.507 e. The molecule has 0 heterocycles. The molecule has 0 amide bonds. The highest BCUT2D eigenvalue weighted by atomic mass is 16.3. The molecule has 2 nitrogen and oxygen atoms in total. The van der Waals surface area contributed by atoms with Gasteiger partial charge in [0.05, 0.1) is 11.5 Å². The Balaban J connectivity index is 2.68. The number of hydrogen-bond donors (Lipinski definition) is 1. The fraction of sp³-hybridized carbons (Fsp3) is 0.462. The van der Waals surface area contributed by atoms with Crippen molar-refractivity contribution < 1.29 is 5.11 Å². The standard InChI is InChI=1S/C13H15NO/c1-8-6-9(2)12(15)10(3)11(8)13(7-14)4-5-13/h6,15H,4-5H2,1-3H3. The summed E-state index contributed by atoms with van der Waals surface area (Å²) in [4.78, 5) is 0. The third kappa shape index (κ3) is 1.31. The molecule has 1 saturated carbocycles. The lowest BCUT2D eigenvalue weighted by Crippen LogP contribution is -2.08. The Hall–Kier alpha value is -1.49. The smallest absolute Gasteiger partial charge is 0.121 e. The molecule has 1 N–H and O–H groups in total. The second kappa shape index (κ2) is 3.00. The van der Waals surface area contributed by atoms with Gasteiger partial charge in [0, 0.05) is 0 Å². The quantitative estimate of drug-likeness (QED) is 0.759. The molecule has 0 unspecified atom stereocenters. The highest BCUT2D eigenvalue weighted by molar-refractivity contribution is 5.55. The molecule has 2 rings (SSSR count). The van der Waals surface area contributed by atoms with Gasteiger partial charge in [0.2, 0.25) is 0 Å². The number of rotatable bonds is 1. The first kappa shape index (κ1) is 10.0. The van der Waals surface area contributed by atoms with Crippen LogP contribution in [-0.4, -0.2) is 5.11 Å². The fourth-order valence-corrected chi connectivity index (χ4v) is 2.45. The van der Waals surface area contributed by atoms with E-state index >= 15 is 0 Å². The maximum Gasteiger partial charge on any atom is 0.121 e. The number of aryl methyl sites for hydroxylation is 2. The lowest BCUT2D eigenvalue weighted by molar-refractivity contribution is 0.465. The molecule has 78 valence electrons. The van der Waals surface area contributed by atoms with Gasteiger partial charge in [0.1, 0.15) is 5.75 Å². The zero-order chi connectivity index (χ0) is 11.2. The average molecular weight is 201 g/mol. The van der Waals surface area contributed by atoms with Crippen LogP contribution < -0.4 is 0 Å². The van der Waals surface area contributed by atoms with Crippen LogP contribution in [0.2, 0.25) is 0 Å². The van der Waals surface area contributed by atoms with Gasteiger partial charge < -0.3 is 5.11 Å². The van der Waals surface area contributed by atoms with Crippen LogP contribution in [0.15, 0.2) is 6.07 Å². The van der Waals surface area contributed by atoms with E-state index in [0.29, 0.717) is 5.75 Å². The fourth-order valence-electron chi connectivity index (χ4n) is 2.45. The van der Waals surface area contributed by atoms with Crippen LogP contribution in [-0.2, 0) is 5.41 Å². The van der Waals surface area contributed by atoms with Crippen LogP contribution in [0.5, 0.6) is 5.75 Å². The predicted octanol–water partition coefficient (Wildman–Crippen LogP) is 2.87. The zero-order valence-corrected chi connectivity index (χ0v) is 9.39. The second-order valence-corrected chi connectivity index (χ2v) is 4.55. The molecular weight excluding hydrogens is 186 g/mol. The summed E-state index contributed by atoms with van der Waals surface area (Å²) >= 11 is 0. The van der Waals surface area contributed by atoms with E-state index < -0.39 is 0 Å². The molecule has 2 heteroatoms. The third-order valence-corrected chi connectivity index (χ3v) is 3.37. The van der Waals surface area contributed by atoms with E-state index in [2.05, 4.69) is 6.07 Å². The van der Waals surface area contributed by atoms with Crippen LogP contribution in [0.1, 0.15) is 35.1 Å². The first-order valence-corrected chi connectivity index (χ1v) is 5.23. The van der Waals surface area contributed by atoms with Crippen molar-refractivity contribution in [3.63, 3.8) is 0 Å². The number of phenolic OH excluding ortho intramolecular Hbond substituents is 1. The molecule has 1 aliphatic rings. The van der Waals surface area contributed by atoms with Crippen molar-refractivity contribution in [2.45, 2.75) is 39.0 Å². The van der Waals surface area contributed by atoms with Gasteiger partial charge in [-0.05, 0) is 55.9 Å². The molecule has 1 aliphatic carbocycles. The van der Waals surface area contributed by atoms with Gasteiger partial charge in [-0.3, -0.25) is 0 Å². The summed E-state index contributed by atoms with van der Waals surface area (Å²) in [5.74, 6) is 0.345. The molecule has 0 saturated heterocycles. The van der Waals surface area contributed by atoms with E-state index in [1.54, 1.807) is 0 Å². The van der Waals surface area contributed by atoms with Gasteiger partial charge in [-0.25, -0.2) is 0 Å². The minimum absolute atomic E-state index is 0.306. The Kier molecular flexibility index (Phi) is 2.01. The Morgan fingerprint density at radius 2 is 1.87 bits per heavy atom. The van der Waals surface area contributed by atoms with Crippen molar-refractivity contribution in [2.75, 3.05) is 0 Å². The van der Waals surface area contributed by atoms with E-state index in [0.717, 1.165) is 35.1 Å². The van der Waals surface area contributed by atoms with Crippen LogP contribution in [0.25, 0.3) is 0 Å². The number of nitrogens with zero attached hydrogens (tertiary/aromatic N) is 1. The van der Waals surface area contributed by atoms with Gasteiger partial charge in [-0.1, -0.05) is 6.07 Å². The highest BCUT2D eigenvalue weighted by Gasteiger charge is 2.47. The van der Waals surface area contributed by atoms with Crippen LogP contribution >= 0.6 is 0 Å². The molecule has 1 aromatic carbocycles. The molecule has 0 bridgehead atoms. The number of nitriles is 1. The monoisotopic (exact) mass is 201 g/mol. The molecule has 0 spiro atoms. The molecule has 1 aromatic rings. The summed E-state index contributed by atoms with van der Waals surface area (Å²) in [7, 11) is 0. The number of hydrogen-bond acceptors (Lipinski definition) is 2. The van der Waals surface area contributed by atoms with E-state index in [1.807, 2.05) is 26.8 Å². The van der Waals surface area contributed by atoms with E-state index in [-0.39, 0.29) is 5.41 Å². The van der Waals surface area contributed by atoms with Crippen LogP contribution in [0.3, 0.4) is 0 Å². The van der Waals surface area contributed by atoms with Gasteiger partial charge in [0.25, 0.3) is 0 Å². The predicted molar refractivity (Wildman–Crippen MR) is 58.8 cm³/mol. The normalized spacial score (nSPS) is 17.2. The Labute approximate surface area is 90.2 Å². The molecule has 0 radical (unpaired) electrons. The first-order chi connectivity index (χ1) is 7.02. The van der Waals surface area contributed by atoms with E-state index in [4.69, 9.17) is 0 Å². The second-order valence-electron chi connectivity index (χ2n) is 4.55. The van der Waals surface area contributed by atoms with E-state index in [9.17, 15) is 10.4 Å². The van der Waals surface area contributed by atoms with E-state index in [1.165, 1.54) is 0 Å². The topological polar surface area (TPSA) is 44.0 Å². The minimum Gasteiger partial charge on any atom is -0.507 e. The van der Waals surface area contributed by atoms with Crippen molar-refractivity contribution in [2.24, 2.45) is 0 Å². The summed E-state index contributed by atoms with van der Waals surface area (Å²) in [5.41, 5.74) is 3.64. The van der Waals surface area contributed by atoms with Crippen LogP contribution in [0.4, 0.5) is 0 Å². The summed E-state index contributed by atoms with van der Waals surface area (Å²) in [5, 5.41) is 19.1. The highest BCUT2D eigenvalue weighted by Crippen LogP contribution is 2.51. The number of phenols is 1. The van der Waals surface area contributed by atoms with Crippen molar-refractivity contribution in [1.82, 2.24) is 0 Å². The third-order valence-electron chi connectivity index (χ3n) is 3.37. The molecule has 0 atom stereocenters. The number of benzene rings is 1. The first-order valence-electron chi connectivity index (χ1n) is 5.23. The lowest BCUT2D eigenvalue weighted by atomic mass is 9.87. The zero-order valence-electron chi connectivity index (χ0n) is 9.39. The van der Waals surface area contributed by atoms with Gasteiger partial charge in [-0.15, -0.1) is 0 Å². The van der Waals surface area contributed by atoms with Crippen molar-refractivity contribution in [3.8, 4) is 11.8 Å². The lowest BCUT2D eigenvalue weighted by Gasteiger charge is -2.16. The molecule has 15 heavy (non-hydrogen) atoms. The minimum atomic E-state index is -0.306. The Morgan fingerprint density at radius 1 is 1.27 bits per heavy atom. The molecular formula is C13H15NO. The molecule has 1 fully saturated rings. The Bertz CT molecular complexity index is 464. The molecule has 0 aliphatic heterocycles. The SMILES string of the molecule is Cc1cc(C)c(C2(C#N)CC2)c(C)c1O. The maximum absolute atomic E-state index is 9.89. The van der Waals surface area contributed by atoms with Gasteiger partial charge >= 0.3 is 0 Å².